The summed E-state index contributed by atoms with van der Waals surface area (Å²) in [5, 5.41) is 2.85. The molecule has 1 aliphatic heterocycles. The molecule has 5 nitrogen and oxygen atoms in total. The van der Waals surface area contributed by atoms with Gasteiger partial charge in [0.1, 0.15) is 17.4 Å². The van der Waals surface area contributed by atoms with Gasteiger partial charge in [0.15, 0.2) is 6.10 Å². The molecule has 4 rings (SSSR count). The van der Waals surface area contributed by atoms with E-state index < -0.39 is 17.7 Å². The monoisotopic (exact) mass is 436 g/mol. The topological polar surface area (TPSA) is 58.6 Å². The number of nitrogens with zero attached hydrogens (tertiary/aromatic N) is 1. The van der Waals surface area contributed by atoms with E-state index in [2.05, 4.69) is 5.32 Å². The van der Waals surface area contributed by atoms with Crippen molar-refractivity contribution in [1.82, 2.24) is 4.90 Å². The molecule has 0 radical (unpaired) electrons. The lowest BCUT2D eigenvalue weighted by molar-refractivity contribution is -0.139. The Morgan fingerprint density at radius 2 is 1.78 bits per heavy atom. The number of halogens is 2. The molecule has 0 fully saturated rings. The highest BCUT2D eigenvalue weighted by molar-refractivity contribution is 6.04. The number of ether oxygens (including phenoxy) is 1. The van der Waals surface area contributed by atoms with Crippen molar-refractivity contribution in [2.24, 2.45) is 0 Å². The summed E-state index contributed by atoms with van der Waals surface area (Å²) in [6.07, 6.45) is -0.266. The summed E-state index contributed by atoms with van der Waals surface area (Å²) in [7, 11) is 0. The highest BCUT2D eigenvalue weighted by atomic mass is 19.1. The van der Waals surface area contributed by atoms with Crippen LogP contribution < -0.4 is 10.1 Å². The second kappa shape index (κ2) is 9.18. The summed E-state index contributed by atoms with van der Waals surface area (Å²) in [5.41, 5.74) is 2.12. The molecule has 1 atom stereocenters. The Labute approximate surface area is 184 Å². The minimum Gasteiger partial charge on any atom is -0.480 e. The fourth-order valence-corrected chi connectivity index (χ4v) is 3.69. The standard InChI is InChI=1S/C25H22F2N2O3/c1-2-22-25(31)29(14-16-10-19(26)13-20(27)11-16)15-18-12-21(8-9-23(18)32-22)28-24(30)17-6-4-3-5-7-17/h3-13,22H,2,14-15H2,1H3,(H,28,30)/t22-/m0/s1. The van der Waals surface area contributed by atoms with Crippen molar-refractivity contribution in [3.05, 3.63) is 95.1 Å². The van der Waals surface area contributed by atoms with E-state index in [-0.39, 0.29) is 24.9 Å². The Morgan fingerprint density at radius 1 is 1.06 bits per heavy atom. The smallest absolute Gasteiger partial charge is 0.264 e. The van der Waals surface area contributed by atoms with Gasteiger partial charge in [0.2, 0.25) is 0 Å². The molecule has 1 heterocycles. The van der Waals surface area contributed by atoms with Gasteiger partial charge in [-0.05, 0) is 54.4 Å². The lowest BCUT2D eigenvalue weighted by atomic mass is 10.1. The van der Waals surface area contributed by atoms with E-state index in [0.29, 0.717) is 34.5 Å². The van der Waals surface area contributed by atoms with Crippen LogP contribution in [0, 0.1) is 11.6 Å². The molecule has 0 bridgehead atoms. The molecule has 7 heteroatoms. The minimum atomic E-state index is -0.709. The van der Waals surface area contributed by atoms with Crippen LogP contribution in [0.3, 0.4) is 0 Å². The van der Waals surface area contributed by atoms with Gasteiger partial charge in [0.05, 0.1) is 0 Å². The number of hydrogen-bond donors (Lipinski definition) is 1. The Kier molecular flexibility index (Phi) is 6.16. The lowest BCUT2D eigenvalue weighted by Gasteiger charge is -2.23. The van der Waals surface area contributed by atoms with Gasteiger partial charge in [0.25, 0.3) is 11.8 Å². The van der Waals surface area contributed by atoms with Gasteiger partial charge in [-0.2, -0.15) is 0 Å². The van der Waals surface area contributed by atoms with Crippen molar-refractivity contribution >= 4 is 17.5 Å². The quantitative estimate of drug-likeness (QED) is 0.618. The fraction of sp³-hybridized carbons (Fsp3) is 0.200. The summed E-state index contributed by atoms with van der Waals surface area (Å²) in [4.78, 5) is 27.0. The molecule has 0 saturated carbocycles. The molecule has 164 valence electrons. The highest BCUT2D eigenvalue weighted by Crippen LogP contribution is 2.30. The molecule has 0 unspecified atom stereocenters. The molecule has 1 N–H and O–H groups in total. The summed E-state index contributed by atoms with van der Waals surface area (Å²) in [6, 6.07) is 17.2. The Balaban J connectivity index is 1.60. The average Bonchev–Trinajstić information content (AvgIpc) is 2.90. The van der Waals surface area contributed by atoms with E-state index in [1.807, 2.05) is 13.0 Å². The maximum Gasteiger partial charge on any atom is 0.264 e. The molecule has 2 amide bonds. The summed E-state index contributed by atoms with van der Waals surface area (Å²) in [6.45, 7) is 2.05. The molecule has 0 saturated heterocycles. The average molecular weight is 436 g/mol. The number of amides is 2. The second-order valence-electron chi connectivity index (χ2n) is 7.63. The third-order valence-corrected chi connectivity index (χ3v) is 5.24. The first-order chi connectivity index (χ1) is 15.4. The summed E-state index contributed by atoms with van der Waals surface area (Å²) in [5.74, 6) is -1.37. The zero-order valence-electron chi connectivity index (χ0n) is 17.5. The van der Waals surface area contributed by atoms with Gasteiger partial charge in [0, 0.05) is 36.0 Å². The third kappa shape index (κ3) is 4.77. The van der Waals surface area contributed by atoms with Crippen LogP contribution in [-0.4, -0.2) is 22.8 Å². The van der Waals surface area contributed by atoms with Gasteiger partial charge in [-0.15, -0.1) is 0 Å². The van der Waals surface area contributed by atoms with Gasteiger partial charge in [-0.25, -0.2) is 8.78 Å². The van der Waals surface area contributed by atoms with Crippen LogP contribution in [0.4, 0.5) is 14.5 Å². The van der Waals surface area contributed by atoms with Crippen LogP contribution in [0.15, 0.2) is 66.7 Å². The van der Waals surface area contributed by atoms with Crippen molar-refractivity contribution in [3.63, 3.8) is 0 Å². The Morgan fingerprint density at radius 3 is 2.47 bits per heavy atom. The number of carbonyl (C=O) groups is 2. The van der Waals surface area contributed by atoms with Crippen LogP contribution in [0.5, 0.6) is 5.75 Å². The minimum absolute atomic E-state index is 0.0351. The van der Waals surface area contributed by atoms with E-state index in [0.717, 1.165) is 6.07 Å². The van der Waals surface area contributed by atoms with Gasteiger partial charge in [-0.1, -0.05) is 25.1 Å². The third-order valence-electron chi connectivity index (χ3n) is 5.24. The maximum atomic E-state index is 13.6. The first kappa shape index (κ1) is 21.5. The number of carbonyl (C=O) groups excluding carboxylic acids is 2. The first-order valence-corrected chi connectivity index (χ1v) is 10.3. The number of hydrogen-bond acceptors (Lipinski definition) is 3. The van der Waals surface area contributed by atoms with E-state index >= 15 is 0 Å². The number of nitrogens with one attached hydrogen (secondary N) is 1. The zero-order valence-corrected chi connectivity index (χ0v) is 17.5. The van der Waals surface area contributed by atoms with Crippen molar-refractivity contribution in [1.29, 1.82) is 0 Å². The molecular weight excluding hydrogens is 414 g/mol. The van der Waals surface area contributed by atoms with Crippen molar-refractivity contribution in [2.75, 3.05) is 5.32 Å². The zero-order chi connectivity index (χ0) is 22.7. The van der Waals surface area contributed by atoms with Crippen molar-refractivity contribution in [3.8, 4) is 5.75 Å². The Hall–Kier alpha value is -3.74. The number of rotatable bonds is 5. The molecule has 1 aliphatic rings. The largest absolute Gasteiger partial charge is 0.480 e. The Bertz CT molecular complexity index is 1130. The van der Waals surface area contributed by atoms with Crippen molar-refractivity contribution < 1.29 is 23.1 Å². The van der Waals surface area contributed by atoms with Crippen molar-refractivity contribution in [2.45, 2.75) is 32.5 Å². The molecule has 0 aliphatic carbocycles. The van der Waals surface area contributed by atoms with Crippen LogP contribution >= 0.6 is 0 Å². The predicted molar refractivity (Wildman–Crippen MR) is 116 cm³/mol. The van der Waals surface area contributed by atoms with E-state index in [4.69, 9.17) is 4.74 Å². The number of anilines is 1. The van der Waals surface area contributed by atoms with E-state index in [1.54, 1.807) is 42.5 Å². The van der Waals surface area contributed by atoms with E-state index in [1.165, 1.54) is 17.0 Å². The molecular formula is C25H22F2N2O3. The first-order valence-electron chi connectivity index (χ1n) is 10.3. The van der Waals surface area contributed by atoms with Gasteiger partial charge < -0.3 is 15.0 Å². The molecule has 3 aromatic carbocycles. The van der Waals surface area contributed by atoms with E-state index in [9.17, 15) is 18.4 Å². The van der Waals surface area contributed by atoms with Crippen LogP contribution in [0.25, 0.3) is 0 Å². The number of benzene rings is 3. The normalized spacial score (nSPS) is 15.5. The lowest BCUT2D eigenvalue weighted by Crippen LogP contribution is -2.38. The van der Waals surface area contributed by atoms with Crippen LogP contribution in [0.2, 0.25) is 0 Å². The highest BCUT2D eigenvalue weighted by Gasteiger charge is 2.30. The fourth-order valence-electron chi connectivity index (χ4n) is 3.69. The second-order valence-corrected chi connectivity index (χ2v) is 7.63. The molecule has 0 aromatic heterocycles. The summed E-state index contributed by atoms with van der Waals surface area (Å²) >= 11 is 0. The molecule has 0 spiro atoms. The summed E-state index contributed by atoms with van der Waals surface area (Å²) < 4.78 is 33.2. The molecule has 32 heavy (non-hydrogen) atoms. The van der Waals surface area contributed by atoms with Crippen LogP contribution in [-0.2, 0) is 17.9 Å². The van der Waals surface area contributed by atoms with Crippen LogP contribution in [0.1, 0.15) is 34.8 Å². The van der Waals surface area contributed by atoms with Gasteiger partial charge in [-0.3, -0.25) is 9.59 Å². The predicted octanol–water partition coefficient (Wildman–Crippen LogP) is 4.92. The maximum absolute atomic E-state index is 13.6. The molecule has 3 aromatic rings. The SMILES string of the molecule is CC[C@@H]1Oc2ccc(NC(=O)c3ccccc3)cc2CN(Cc2cc(F)cc(F)c2)C1=O. The van der Waals surface area contributed by atoms with Gasteiger partial charge >= 0.3 is 0 Å². The number of fused-ring (bicyclic) bond motifs is 1.